The highest BCUT2D eigenvalue weighted by Gasteiger charge is 2.17. The third-order valence-corrected chi connectivity index (χ3v) is 3.27. The molecule has 1 N–H and O–H groups in total. The number of esters is 1. The second-order valence-corrected chi connectivity index (χ2v) is 5.45. The molecule has 0 saturated carbocycles. The number of hydrogen-bond donors (Lipinski definition) is 1. The monoisotopic (exact) mass is 328 g/mol. The average Bonchev–Trinajstić information content (AvgIpc) is 2.46. The topological polar surface area (TPSA) is 67.9 Å². The number of nitrogens with one attached hydrogen (secondary N) is 1. The molecule has 1 atom stereocenters. The molecule has 0 bridgehead atoms. The molecule has 0 aliphatic rings. The standard InChI is InChI=1S/C15H21ClN2O4/c1-10(15(20)22-4)8-18(2)9-14(19)17-12-7-11(16)5-6-13(12)21-3/h5-7,10H,8-9H2,1-4H3,(H,17,19). The van der Waals surface area contributed by atoms with E-state index < -0.39 is 0 Å². The minimum Gasteiger partial charge on any atom is -0.495 e. The zero-order valence-electron chi connectivity index (χ0n) is 13.2. The third kappa shape index (κ3) is 5.54. The van der Waals surface area contributed by atoms with Crippen LogP contribution in [0.3, 0.4) is 0 Å². The molecule has 0 spiro atoms. The summed E-state index contributed by atoms with van der Waals surface area (Å²) in [6.45, 7) is 2.31. The zero-order valence-corrected chi connectivity index (χ0v) is 13.9. The van der Waals surface area contributed by atoms with Gasteiger partial charge in [-0.25, -0.2) is 0 Å². The molecule has 1 aromatic carbocycles. The normalized spacial score (nSPS) is 11.9. The predicted molar refractivity (Wildman–Crippen MR) is 85.3 cm³/mol. The Balaban J connectivity index is 2.59. The summed E-state index contributed by atoms with van der Waals surface area (Å²) in [5.74, 6) is -0.296. The molecule has 0 aliphatic heterocycles. The van der Waals surface area contributed by atoms with Gasteiger partial charge in [-0.3, -0.25) is 14.5 Å². The van der Waals surface area contributed by atoms with E-state index in [1.54, 1.807) is 37.1 Å². The fraction of sp³-hybridized carbons (Fsp3) is 0.467. The maximum atomic E-state index is 12.1. The van der Waals surface area contributed by atoms with Crippen LogP contribution in [0.5, 0.6) is 5.75 Å². The molecule has 0 aliphatic carbocycles. The highest BCUT2D eigenvalue weighted by atomic mass is 35.5. The Morgan fingerprint density at radius 1 is 1.36 bits per heavy atom. The van der Waals surface area contributed by atoms with E-state index in [4.69, 9.17) is 16.3 Å². The van der Waals surface area contributed by atoms with Crippen molar-refractivity contribution in [1.29, 1.82) is 0 Å². The summed E-state index contributed by atoms with van der Waals surface area (Å²) in [7, 11) is 4.62. The summed E-state index contributed by atoms with van der Waals surface area (Å²) in [5.41, 5.74) is 0.509. The van der Waals surface area contributed by atoms with Gasteiger partial charge in [-0.15, -0.1) is 0 Å². The average molecular weight is 329 g/mol. The summed E-state index contributed by atoms with van der Waals surface area (Å²) < 4.78 is 9.83. The Hall–Kier alpha value is -1.79. The predicted octanol–water partition coefficient (Wildman–Crippen LogP) is 2.03. The lowest BCUT2D eigenvalue weighted by atomic mass is 10.2. The van der Waals surface area contributed by atoms with Gasteiger partial charge in [0, 0.05) is 11.6 Å². The highest BCUT2D eigenvalue weighted by Crippen LogP contribution is 2.27. The van der Waals surface area contributed by atoms with Gasteiger partial charge in [0.2, 0.25) is 5.91 Å². The molecule has 0 aromatic heterocycles. The van der Waals surface area contributed by atoms with Gasteiger partial charge in [-0.1, -0.05) is 18.5 Å². The minimum absolute atomic E-state index is 0.136. The van der Waals surface area contributed by atoms with Crippen molar-refractivity contribution in [3.63, 3.8) is 0 Å². The number of hydrogen-bond acceptors (Lipinski definition) is 5. The first kappa shape index (κ1) is 18.3. The molecule has 6 nitrogen and oxygen atoms in total. The molecule has 0 saturated heterocycles. The van der Waals surface area contributed by atoms with Gasteiger partial charge in [-0.05, 0) is 25.2 Å². The summed E-state index contributed by atoms with van der Waals surface area (Å²) >= 11 is 5.91. The fourth-order valence-electron chi connectivity index (χ4n) is 2.02. The number of methoxy groups -OCH3 is 2. The quantitative estimate of drug-likeness (QED) is 0.776. The lowest BCUT2D eigenvalue weighted by Crippen LogP contribution is -2.35. The van der Waals surface area contributed by atoms with Crippen molar-refractivity contribution in [2.75, 3.05) is 39.7 Å². The molecule has 1 amide bonds. The zero-order chi connectivity index (χ0) is 16.7. The van der Waals surface area contributed by atoms with Crippen LogP contribution in [0, 0.1) is 5.92 Å². The lowest BCUT2D eigenvalue weighted by Gasteiger charge is -2.19. The van der Waals surface area contributed by atoms with Gasteiger partial charge in [0.1, 0.15) is 5.75 Å². The van der Waals surface area contributed by atoms with Crippen molar-refractivity contribution in [3.05, 3.63) is 23.2 Å². The minimum atomic E-state index is -0.302. The van der Waals surface area contributed by atoms with E-state index in [-0.39, 0.29) is 24.3 Å². The Kier molecular flexibility index (Phi) is 7.14. The van der Waals surface area contributed by atoms with Crippen LogP contribution < -0.4 is 10.1 Å². The number of rotatable bonds is 7. The van der Waals surface area contributed by atoms with E-state index in [0.29, 0.717) is 23.0 Å². The van der Waals surface area contributed by atoms with E-state index in [1.807, 2.05) is 0 Å². The van der Waals surface area contributed by atoms with Crippen molar-refractivity contribution in [1.82, 2.24) is 4.90 Å². The Morgan fingerprint density at radius 3 is 2.64 bits per heavy atom. The van der Waals surface area contributed by atoms with E-state index in [9.17, 15) is 9.59 Å². The Bertz CT molecular complexity index is 536. The van der Waals surface area contributed by atoms with Gasteiger partial charge in [-0.2, -0.15) is 0 Å². The number of anilines is 1. The van der Waals surface area contributed by atoms with Crippen molar-refractivity contribution in [3.8, 4) is 5.75 Å². The lowest BCUT2D eigenvalue weighted by molar-refractivity contribution is -0.145. The van der Waals surface area contributed by atoms with E-state index >= 15 is 0 Å². The molecule has 7 heteroatoms. The second-order valence-electron chi connectivity index (χ2n) is 5.01. The summed E-state index contributed by atoms with van der Waals surface area (Å²) in [6, 6.07) is 4.98. The van der Waals surface area contributed by atoms with E-state index in [0.717, 1.165) is 0 Å². The molecule has 0 heterocycles. The molecule has 1 aromatic rings. The Labute approximate surface area is 135 Å². The molecule has 1 rings (SSSR count). The van der Waals surface area contributed by atoms with Crippen molar-refractivity contribution >= 4 is 29.2 Å². The number of amides is 1. The number of benzene rings is 1. The van der Waals surface area contributed by atoms with Gasteiger partial charge in [0.15, 0.2) is 0 Å². The van der Waals surface area contributed by atoms with Crippen LogP contribution in [0.4, 0.5) is 5.69 Å². The number of nitrogens with zero attached hydrogens (tertiary/aromatic N) is 1. The molecule has 122 valence electrons. The fourth-order valence-corrected chi connectivity index (χ4v) is 2.19. The van der Waals surface area contributed by atoms with Gasteiger partial charge in [0.25, 0.3) is 0 Å². The second kappa shape index (κ2) is 8.60. The number of ether oxygens (including phenoxy) is 2. The van der Waals surface area contributed by atoms with Gasteiger partial charge < -0.3 is 14.8 Å². The molecular formula is C15H21ClN2O4. The Morgan fingerprint density at radius 2 is 2.05 bits per heavy atom. The van der Waals surface area contributed by atoms with Crippen molar-refractivity contribution < 1.29 is 19.1 Å². The molecule has 1 unspecified atom stereocenters. The van der Waals surface area contributed by atoms with Crippen LogP contribution in [-0.4, -0.2) is 51.1 Å². The number of carbonyl (C=O) groups is 2. The van der Waals surface area contributed by atoms with Crippen LogP contribution in [0.2, 0.25) is 5.02 Å². The van der Waals surface area contributed by atoms with Gasteiger partial charge in [0.05, 0.1) is 32.4 Å². The first-order valence-corrected chi connectivity index (χ1v) is 7.15. The number of likely N-dealkylation sites (N-methyl/N-ethyl adjacent to an activating group) is 1. The van der Waals surface area contributed by atoms with Crippen LogP contribution >= 0.6 is 11.6 Å². The van der Waals surface area contributed by atoms with Crippen LogP contribution in [0.25, 0.3) is 0 Å². The summed E-state index contributed by atoms with van der Waals surface area (Å²) in [6.07, 6.45) is 0. The first-order chi connectivity index (χ1) is 10.4. The van der Waals surface area contributed by atoms with Crippen LogP contribution in [-0.2, 0) is 14.3 Å². The smallest absolute Gasteiger partial charge is 0.309 e. The van der Waals surface area contributed by atoms with E-state index in [1.165, 1.54) is 14.2 Å². The molecule has 0 fully saturated rings. The third-order valence-electron chi connectivity index (χ3n) is 3.04. The molecule has 22 heavy (non-hydrogen) atoms. The first-order valence-electron chi connectivity index (χ1n) is 6.77. The van der Waals surface area contributed by atoms with Crippen molar-refractivity contribution in [2.45, 2.75) is 6.92 Å². The van der Waals surface area contributed by atoms with Crippen LogP contribution in [0.1, 0.15) is 6.92 Å². The molecular weight excluding hydrogens is 308 g/mol. The van der Waals surface area contributed by atoms with Crippen LogP contribution in [0.15, 0.2) is 18.2 Å². The van der Waals surface area contributed by atoms with E-state index in [2.05, 4.69) is 10.1 Å². The van der Waals surface area contributed by atoms with Gasteiger partial charge >= 0.3 is 5.97 Å². The molecule has 0 radical (unpaired) electrons. The number of halogens is 1. The largest absolute Gasteiger partial charge is 0.495 e. The SMILES string of the molecule is COC(=O)C(C)CN(C)CC(=O)Nc1cc(Cl)ccc1OC. The summed E-state index contributed by atoms with van der Waals surface area (Å²) in [5, 5.41) is 3.25. The maximum Gasteiger partial charge on any atom is 0.309 e. The summed E-state index contributed by atoms with van der Waals surface area (Å²) in [4.78, 5) is 25.2. The number of carbonyl (C=O) groups excluding carboxylic acids is 2. The maximum absolute atomic E-state index is 12.1. The highest BCUT2D eigenvalue weighted by molar-refractivity contribution is 6.31. The van der Waals surface area contributed by atoms with Crippen molar-refractivity contribution in [2.24, 2.45) is 5.92 Å².